The fraction of sp³-hybridized carbons (Fsp3) is 0. The number of nitrogens with zero attached hydrogens (tertiary/aromatic N) is 1. The average Bonchev–Trinajstić information content (AvgIpc) is 2.67. The summed E-state index contributed by atoms with van der Waals surface area (Å²) in [5.41, 5.74) is 2.62. The first-order valence-corrected chi connectivity index (χ1v) is 9.27. The van der Waals surface area contributed by atoms with Crippen LogP contribution in [0.5, 0.6) is 0 Å². The summed E-state index contributed by atoms with van der Waals surface area (Å²) in [4.78, 5) is -0.510. The molecule has 0 N–H and O–H groups in total. The van der Waals surface area contributed by atoms with E-state index in [4.69, 9.17) is 0 Å². The molecule has 3 rings (SSSR count). The van der Waals surface area contributed by atoms with Gasteiger partial charge in [0.1, 0.15) is 16.8 Å². The Hall–Kier alpha value is -3.23. The molecule has 0 saturated carbocycles. The van der Waals surface area contributed by atoms with Crippen molar-refractivity contribution in [2.75, 3.05) is 0 Å². The van der Waals surface area contributed by atoms with Gasteiger partial charge in [-0.15, -0.1) is 0 Å². The third kappa shape index (κ3) is 3.71. The molecule has 128 valence electrons. The van der Waals surface area contributed by atoms with Crippen LogP contribution in [0, 0.1) is 17.1 Å². The molecule has 3 aromatic rings. The van der Waals surface area contributed by atoms with Gasteiger partial charge in [-0.2, -0.15) is 5.26 Å². The Bertz CT molecular complexity index is 1080. The van der Waals surface area contributed by atoms with E-state index in [1.807, 2.05) is 42.5 Å². The van der Waals surface area contributed by atoms with Crippen LogP contribution in [0.2, 0.25) is 0 Å². The molecule has 0 fully saturated rings. The van der Waals surface area contributed by atoms with E-state index in [-0.39, 0.29) is 4.90 Å². The van der Waals surface area contributed by atoms with E-state index in [2.05, 4.69) is 0 Å². The molecule has 0 bridgehead atoms. The largest absolute Gasteiger partial charge is 0.218 e. The number of rotatable bonds is 4. The molecule has 0 spiro atoms. The molecule has 3 nitrogen and oxygen atoms in total. The highest BCUT2D eigenvalue weighted by atomic mass is 32.2. The van der Waals surface area contributed by atoms with Crippen LogP contribution in [-0.2, 0) is 9.84 Å². The second-order valence-corrected chi connectivity index (χ2v) is 7.48. The van der Waals surface area contributed by atoms with Crippen LogP contribution in [0.25, 0.3) is 17.2 Å². The molecular formula is C21H14FNO2S. The fourth-order valence-corrected chi connectivity index (χ4v) is 3.62. The quantitative estimate of drug-likeness (QED) is 0.493. The maximum absolute atomic E-state index is 13.0. The van der Waals surface area contributed by atoms with E-state index in [9.17, 15) is 18.1 Å². The van der Waals surface area contributed by atoms with Gasteiger partial charge in [0, 0.05) is 0 Å². The summed E-state index contributed by atoms with van der Waals surface area (Å²) in [6.07, 6.45) is 1.31. The van der Waals surface area contributed by atoms with Gasteiger partial charge in [-0.3, -0.25) is 0 Å². The second kappa shape index (κ2) is 7.34. The molecule has 5 heteroatoms. The van der Waals surface area contributed by atoms with Crippen LogP contribution in [-0.4, -0.2) is 8.42 Å². The number of allylic oxidation sites excluding steroid dienone is 1. The van der Waals surface area contributed by atoms with Gasteiger partial charge in [0.05, 0.1) is 4.90 Å². The highest BCUT2D eigenvalue weighted by Gasteiger charge is 2.20. The lowest BCUT2D eigenvalue weighted by atomic mass is 10.0. The maximum Gasteiger partial charge on any atom is 0.216 e. The lowest BCUT2D eigenvalue weighted by Gasteiger charge is -2.04. The summed E-state index contributed by atoms with van der Waals surface area (Å²) in [6.45, 7) is 0. The predicted molar refractivity (Wildman–Crippen MR) is 99.1 cm³/mol. The third-order valence-corrected chi connectivity index (χ3v) is 5.52. The van der Waals surface area contributed by atoms with Crippen molar-refractivity contribution in [2.24, 2.45) is 0 Å². The number of halogens is 1. The summed E-state index contributed by atoms with van der Waals surface area (Å²) in [6, 6.07) is 23.1. The summed E-state index contributed by atoms with van der Waals surface area (Å²) in [5, 5.41) is 9.30. The maximum atomic E-state index is 13.0. The third-order valence-electron chi connectivity index (χ3n) is 3.84. The Morgan fingerprint density at radius 1 is 0.846 bits per heavy atom. The Balaban J connectivity index is 1.94. The van der Waals surface area contributed by atoms with Gasteiger partial charge >= 0.3 is 0 Å². The first kappa shape index (κ1) is 17.6. The van der Waals surface area contributed by atoms with E-state index in [0.29, 0.717) is 5.56 Å². The van der Waals surface area contributed by atoms with Crippen molar-refractivity contribution in [2.45, 2.75) is 4.90 Å². The van der Waals surface area contributed by atoms with Gasteiger partial charge in [-0.1, -0.05) is 54.6 Å². The van der Waals surface area contributed by atoms with E-state index in [1.165, 1.54) is 6.08 Å². The minimum Gasteiger partial charge on any atom is -0.218 e. The normalized spacial score (nSPS) is 11.8. The molecule has 0 radical (unpaired) electrons. The van der Waals surface area contributed by atoms with Gasteiger partial charge in [0.2, 0.25) is 9.84 Å². The smallest absolute Gasteiger partial charge is 0.216 e. The first-order valence-electron chi connectivity index (χ1n) is 7.78. The predicted octanol–water partition coefficient (Wildman–Crippen LogP) is 4.83. The Morgan fingerprint density at radius 3 is 2.00 bits per heavy atom. The number of benzene rings is 3. The molecule has 0 aromatic heterocycles. The van der Waals surface area contributed by atoms with Crippen molar-refractivity contribution in [3.63, 3.8) is 0 Å². The fourth-order valence-electron chi connectivity index (χ4n) is 2.46. The lowest BCUT2D eigenvalue weighted by Crippen LogP contribution is -2.03. The van der Waals surface area contributed by atoms with Crippen LogP contribution >= 0.6 is 0 Å². The molecule has 0 heterocycles. The Labute approximate surface area is 151 Å². The van der Waals surface area contributed by atoms with Crippen molar-refractivity contribution in [3.05, 3.63) is 95.1 Å². The SMILES string of the molecule is N#CC(=Cc1ccc(-c2ccccc2)cc1)S(=O)(=O)c1ccc(F)cc1. The van der Waals surface area contributed by atoms with Crippen LogP contribution in [0.4, 0.5) is 4.39 Å². The van der Waals surface area contributed by atoms with E-state index in [0.717, 1.165) is 35.4 Å². The zero-order chi connectivity index (χ0) is 18.6. The first-order chi connectivity index (χ1) is 12.5. The summed E-state index contributed by atoms with van der Waals surface area (Å²) >= 11 is 0. The molecule has 0 aliphatic rings. The Morgan fingerprint density at radius 2 is 1.42 bits per heavy atom. The van der Waals surface area contributed by atoms with Crippen LogP contribution in [0.1, 0.15) is 5.56 Å². The molecular weight excluding hydrogens is 349 g/mol. The second-order valence-electron chi connectivity index (χ2n) is 5.57. The van der Waals surface area contributed by atoms with Crippen molar-refractivity contribution >= 4 is 15.9 Å². The van der Waals surface area contributed by atoms with Crippen molar-refractivity contribution < 1.29 is 12.8 Å². The molecule has 0 atom stereocenters. The molecule has 0 saturated heterocycles. The van der Waals surface area contributed by atoms with E-state index >= 15 is 0 Å². The van der Waals surface area contributed by atoms with Gasteiger partial charge in [0.15, 0.2) is 0 Å². The van der Waals surface area contributed by atoms with E-state index < -0.39 is 20.6 Å². The average molecular weight is 363 g/mol. The van der Waals surface area contributed by atoms with Crippen LogP contribution in [0.3, 0.4) is 0 Å². The van der Waals surface area contributed by atoms with Gasteiger partial charge in [-0.25, -0.2) is 12.8 Å². The summed E-state index contributed by atoms with van der Waals surface area (Å²) in [7, 11) is -4.00. The van der Waals surface area contributed by atoms with Crippen molar-refractivity contribution in [1.29, 1.82) is 5.26 Å². The Kier molecular flexibility index (Phi) is 4.97. The molecule has 0 aliphatic heterocycles. The standard InChI is InChI=1S/C21H14FNO2S/c22-19-10-12-20(13-11-19)26(24,25)21(15-23)14-16-6-8-18(9-7-16)17-4-2-1-3-5-17/h1-14H. The highest BCUT2D eigenvalue weighted by Crippen LogP contribution is 2.23. The number of hydrogen-bond acceptors (Lipinski definition) is 3. The summed E-state index contributed by atoms with van der Waals surface area (Å²) < 4.78 is 38.1. The summed E-state index contributed by atoms with van der Waals surface area (Å²) in [5.74, 6) is -0.539. The number of sulfone groups is 1. The number of hydrogen-bond donors (Lipinski definition) is 0. The zero-order valence-corrected chi connectivity index (χ0v) is 14.4. The molecule has 0 unspecified atom stereocenters. The van der Waals surface area contributed by atoms with E-state index in [1.54, 1.807) is 18.2 Å². The molecule has 0 aliphatic carbocycles. The zero-order valence-electron chi connectivity index (χ0n) is 13.6. The van der Waals surface area contributed by atoms with Gasteiger partial charge < -0.3 is 0 Å². The monoisotopic (exact) mass is 363 g/mol. The van der Waals surface area contributed by atoms with Crippen molar-refractivity contribution in [3.8, 4) is 17.2 Å². The lowest BCUT2D eigenvalue weighted by molar-refractivity contribution is 0.601. The molecule has 0 amide bonds. The van der Waals surface area contributed by atoms with Crippen LogP contribution in [0.15, 0.2) is 88.7 Å². The molecule has 26 heavy (non-hydrogen) atoms. The topological polar surface area (TPSA) is 57.9 Å². The minimum atomic E-state index is -4.00. The van der Waals surface area contributed by atoms with Crippen LogP contribution < -0.4 is 0 Å². The van der Waals surface area contributed by atoms with Crippen molar-refractivity contribution in [1.82, 2.24) is 0 Å². The number of nitriles is 1. The highest BCUT2D eigenvalue weighted by molar-refractivity contribution is 7.95. The van der Waals surface area contributed by atoms with Gasteiger partial charge in [0.25, 0.3) is 0 Å². The minimum absolute atomic E-state index is 0.118. The molecule has 3 aromatic carbocycles. The van der Waals surface area contributed by atoms with Gasteiger partial charge in [-0.05, 0) is 47.0 Å².